The minimum Gasteiger partial charge on any atom is -0.207 e. The highest BCUT2D eigenvalue weighted by molar-refractivity contribution is 7.89. The summed E-state index contributed by atoms with van der Waals surface area (Å²) in [6, 6.07) is 16.8. The first-order chi connectivity index (χ1) is 14.0. The molecule has 0 aromatic heterocycles. The molecule has 0 bridgehead atoms. The molecule has 3 rings (SSSR count). The lowest BCUT2D eigenvalue weighted by molar-refractivity contribution is 0.400. The van der Waals surface area contributed by atoms with Crippen molar-refractivity contribution in [2.24, 2.45) is 11.3 Å². The zero-order chi connectivity index (χ0) is 22.1. The molecule has 0 spiro atoms. The van der Waals surface area contributed by atoms with Crippen molar-refractivity contribution in [2.75, 3.05) is 13.1 Å². The van der Waals surface area contributed by atoms with E-state index in [0.29, 0.717) is 11.4 Å². The Labute approximate surface area is 181 Å². The van der Waals surface area contributed by atoms with Crippen LogP contribution in [-0.4, -0.2) is 25.8 Å². The number of sulfonamides is 1. The maximum atomic E-state index is 13.6. The van der Waals surface area contributed by atoms with Crippen LogP contribution >= 0.6 is 0 Å². The molecule has 158 valence electrons. The largest absolute Gasteiger partial charge is 0.243 e. The molecule has 4 heteroatoms. The number of hydrogen-bond acceptors (Lipinski definition) is 2. The van der Waals surface area contributed by atoms with Crippen LogP contribution in [0.4, 0.5) is 0 Å². The van der Waals surface area contributed by atoms with Gasteiger partial charge < -0.3 is 0 Å². The van der Waals surface area contributed by atoms with Gasteiger partial charge in [-0.1, -0.05) is 68.5 Å². The molecule has 0 amide bonds. The van der Waals surface area contributed by atoms with Crippen LogP contribution in [0.5, 0.6) is 0 Å². The van der Waals surface area contributed by atoms with Crippen LogP contribution in [0.3, 0.4) is 0 Å². The van der Waals surface area contributed by atoms with Gasteiger partial charge in [-0.05, 0) is 55.2 Å². The molecule has 3 nitrogen and oxygen atoms in total. The standard InChI is InChI=1S/C26H31NO2S/c1-19(2)16-24-25(26(24,5)6)18-27(17-21(4)22-10-8-7-9-11-22)30(28,29)23-14-12-20(3)13-15-23/h7-15,25H,4,17-18H2,1-3,5-6H3. The second kappa shape index (κ2) is 8.39. The van der Waals surface area contributed by atoms with Crippen molar-refractivity contribution >= 4 is 15.6 Å². The molecule has 2 aromatic carbocycles. The highest BCUT2D eigenvalue weighted by Crippen LogP contribution is 2.57. The van der Waals surface area contributed by atoms with E-state index in [9.17, 15) is 8.42 Å². The van der Waals surface area contributed by atoms with Crippen LogP contribution in [0.25, 0.3) is 5.57 Å². The minimum absolute atomic E-state index is 0.0492. The van der Waals surface area contributed by atoms with Gasteiger partial charge in [0.05, 0.1) is 4.90 Å². The summed E-state index contributed by atoms with van der Waals surface area (Å²) in [6.07, 6.45) is 0. The van der Waals surface area contributed by atoms with E-state index in [1.165, 1.54) is 5.57 Å². The van der Waals surface area contributed by atoms with Gasteiger partial charge in [-0.25, -0.2) is 8.42 Å². The van der Waals surface area contributed by atoms with Crippen LogP contribution in [0.2, 0.25) is 0 Å². The third kappa shape index (κ3) is 4.67. The molecule has 2 aromatic rings. The molecule has 0 saturated heterocycles. The summed E-state index contributed by atoms with van der Waals surface area (Å²) >= 11 is 0. The van der Waals surface area contributed by atoms with Gasteiger partial charge in [0.2, 0.25) is 10.0 Å². The lowest BCUT2D eigenvalue weighted by Crippen LogP contribution is -2.35. The summed E-state index contributed by atoms with van der Waals surface area (Å²) < 4.78 is 28.7. The zero-order valence-electron chi connectivity index (χ0n) is 18.6. The highest BCUT2D eigenvalue weighted by Gasteiger charge is 2.53. The Morgan fingerprint density at radius 1 is 1.07 bits per heavy atom. The predicted molar refractivity (Wildman–Crippen MR) is 125 cm³/mol. The highest BCUT2D eigenvalue weighted by atomic mass is 32.2. The van der Waals surface area contributed by atoms with Crippen LogP contribution < -0.4 is 0 Å². The van der Waals surface area contributed by atoms with Gasteiger partial charge in [-0.15, -0.1) is 5.73 Å². The smallest absolute Gasteiger partial charge is 0.207 e. The summed E-state index contributed by atoms with van der Waals surface area (Å²) in [5.41, 5.74) is 8.47. The topological polar surface area (TPSA) is 37.4 Å². The van der Waals surface area contributed by atoms with Crippen molar-refractivity contribution in [1.82, 2.24) is 4.31 Å². The van der Waals surface area contributed by atoms with Gasteiger partial charge in [0, 0.05) is 24.4 Å². The Hall–Kier alpha value is -2.39. The molecular formula is C26H31NO2S. The van der Waals surface area contributed by atoms with E-state index in [1.807, 2.05) is 63.2 Å². The minimum atomic E-state index is -3.65. The van der Waals surface area contributed by atoms with Gasteiger partial charge in [-0.2, -0.15) is 4.31 Å². The number of rotatable bonds is 7. The van der Waals surface area contributed by atoms with Crippen LogP contribution in [0.15, 0.2) is 82.9 Å². The quantitative estimate of drug-likeness (QED) is 0.526. The molecule has 30 heavy (non-hydrogen) atoms. The van der Waals surface area contributed by atoms with Crippen molar-refractivity contribution in [3.8, 4) is 0 Å². The van der Waals surface area contributed by atoms with Crippen molar-refractivity contribution in [2.45, 2.75) is 39.5 Å². The van der Waals surface area contributed by atoms with Gasteiger partial charge >= 0.3 is 0 Å². The predicted octanol–water partition coefficient (Wildman–Crippen LogP) is 5.85. The van der Waals surface area contributed by atoms with E-state index in [2.05, 4.69) is 26.2 Å². The molecule has 1 aliphatic carbocycles. The Bertz CT molecular complexity index is 1100. The maximum absolute atomic E-state index is 13.6. The monoisotopic (exact) mass is 421 g/mol. The van der Waals surface area contributed by atoms with Gasteiger partial charge in [0.1, 0.15) is 0 Å². The molecule has 1 atom stereocenters. The number of benzene rings is 2. The lowest BCUT2D eigenvalue weighted by Gasteiger charge is -2.24. The fourth-order valence-corrected chi connectivity index (χ4v) is 5.21. The summed E-state index contributed by atoms with van der Waals surface area (Å²) in [6.45, 7) is 15.2. The van der Waals surface area contributed by atoms with Crippen LogP contribution in [0.1, 0.15) is 38.8 Å². The molecule has 0 radical (unpaired) electrons. The maximum Gasteiger partial charge on any atom is 0.243 e. The normalized spacial score (nSPS) is 17.5. The molecule has 1 saturated carbocycles. The summed E-state index contributed by atoms with van der Waals surface area (Å²) in [5.74, 6) is 0.149. The fraction of sp³-hybridized carbons (Fsp3) is 0.346. The van der Waals surface area contributed by atoms with E-state index >= 15 is 0 Å². The first kappa shape index (κ1) is 22.3. The average molecular weight is 422 g/mol. The number of hydrogen-bond donors (Lipinski definition) is 0. The summed E-state index contributed by atoms with van der Waals surface area (Å²) in [5, 5.41) is 0. The van der Waals surface area contributed by atoms with Gasteiger partial charge in [0.15, 0.2) is 0 Å². The fourth-order valence-electron chi connectivity index (χ4n) is 3.76. The van der Waals surface area contributed by atoms with Crippen LogP contribution in [-0.2, 0) is 10.0 Å². The second-order valence-corrected chi connectivity index (χ2v) is 10.8. The first-order valence-electron chi connectivity index (χ1n) is 10.3. The summed E-state index contributed by atoms with van der Waals surface area (Å²) in [4.78, 5) is 0.320. The first-order valence-corrected chi connectivity index (χ1v) is 11.7. The van der Waals surface area contributed by atoms with Crippen molar-refractivity contribution in [3.63, 3.8) is 0 Å². The molecule has 1 fully saturated rings. The van der Waals surface area contributed by atoms with Gasteiger partial charge in [-0.3, -0.25) is 0 Å². The SMILES string of the molecule is C=C(CN(CC1C(=C=C(C)C)C1(C)C)S(=O)(=O)c1ccc(C)cc1)c1ccccc1. The van der Waals surface area contributed by atoms with Crippen molar-refractivity contribution < 1.29 is 8.42 Å². The van der Waals surface area contributed by atoms with Gasteiger partial charge in [0.25, 0.3) is 0 Å². The molecule has 0 aliphatic heterocycles. The second-order valence-electron chi connectivity index (χ2n) is 8.89. The summed E-state index contributed by atoms with van der Waals surface area (Å²) in [7, 11) is -3.65. The average Bonchev–Trinajstić information content (AvgIpc) is 3.19. The van der Waals surface area contributed by atoms with E-state index in [-0.39, 0.29) is 17.9 Å². The number of nitrogens with zero attached hydrogens (tertiary/aromatic N) is 1. The molecule has 1 aliphatic rings. The van der Waals surface area contributed by atoms with E-state index in [1.54, 1.807) is 16.4 Å². The molecule has 0 N–H and O–H groups in total. The third-order valence-corrected chi connectivity index (χ3v) is 7.64. The Balaban J connectivity index is 1.96. The van der Waals surface area contributed by atoms with Crippen molar-refractivity contribution in [3.05, 3.63) is 89.2 Å². The molecule has 1 unspecified atom stereocenters. The number of aryl methyl sites for hydroxylation is 1. The van der Waals surface area contributed by atoms with E-state index in [0.717, 1.165) is 22.3 Å². The van der Waals surface area contributed by atoms with E-state index in [4.69, 9.17) is 0 Å². The molecule has 0 heterocycles. The lowest BCUT2D eigenvalue weighted by atomic mass is 10.1. The van der Waals surface area contributed by atoms with E-state index < -0.39 is 10.0 Å². The Morgan fingerprint density at radius 2 is 1.67 bits per heavy atom. The molecular weight excluding hydrogens is 390 g/mol. The van der Waals surface area contributed by atoms with Crippen molar-refractivity contribution in [1.29, 1.82) is 0 Å². The Kier molecular flexibility index (Phi) is 6.24. The Morgan fingerprint density at radius 3 is 2.23 bits per heavy atom. The van der Waals surface area contributed by atoms with Crippen LogP contribution in [0, 0.1) is 18.3 Å². The third-order valence-electron chi connectivity index (χ3n) is 5.81. The zero-order valence-corrected chi connectivity index (χ0v) is 19.4.